The lowest BCUT2D eigenvalue weighted by Crippen LogP contribution is -2.23. The Morgan fingerprint density at radius 3 is 2.52 bits per heavy atom. The third-order valence-electron chi connectivity index (χ3n) is 3.25. The molecule has 112 valence electrons. The molecule has 0 saturated carbocycles. The highest BCUT2D eigenvalue weighted by molar-refractivity contribution is 7.92. The molecule has 0 saturated heterocycles. The molecule has 1 N–H and O–H groups in total. The number of rotatable bonds is 4. The Labute approximate surface area is 128 Å². The maximum absolute atomic E-state index is 12.1. The lowest BCUT2D eigenvalue weighted by Gasteiger charge is -2.05. The van der Waals surface area contributed by atoms with Crippen molar-refractivity contribution in [3.05, 3.63) is 40.5 Å². The summed E-state index contributed by atoms with van der Waals surface area (Å²) in [6.07, 6.45) is 2.73. The van der Waals surface area contributed by atoms with E-state index in [4.69, 9.17) is 0 Å². The van der Waals surface area contributed by atoms with Crippen LogP contribution in [-0.4, -0.2) is 25.1 Å². The van der Waals surface area contributed by atoms with Crippen molar-refractivity contribution in [2.45, 2.75) is 25.7 Å². The number of carbonyl (C=O) groups is 1. The van der Waals surface area contributed by atoms with Crippen LogP contribution in [0.4, 0.5) is 5.00 Å². The minimum absolute atomic E-state index is 0.0513. The number of sulfone groups is 1. The highest BCUT2D eigenvalue weighted by Crippen LogP contribution is 2.31. The zero-order chi connectivity index (χ0) is 15.6. The highest BCUT2D eigenvalue weighted by atomic mass is 32.2. The van der Waals surface area contributed by atoms with Gasteiger partial charge in [0.1, 0.15) is 5.75 Å². The van der Waals surface area contributed by atoms with E-state index in [1.54, 1.807) is 0 Å². The van der Waals surface area contributed by atoms with Gasteiger partial charge in [-0.25, -0.2) is 8.42 Å². The van der Waals surface area contributed by atoms with Crippen LogP contribution in [-0.2, 0) is 14.6 Å². The van der Waals surface area contributed by atoms with E-state index in [2.05, 4.69) is 10.3 Å². The summed E-state index contributed by atoms with van der Waals surface area (Å²) in [7, 11) is -3.67. The molecule has 0 fully saturated rings. The van der Waals surface area contributed by atoms with Gasteiger partial charge >= 0.3 is 0 Å². The molecule has 0 aliphatic heterocycles. The molecule has 21 heavy (non-hydrogen) atoms. The predicted octanol–water partition coefficient (Wildman–Crippen LogP) is 2.48. The van der Waals surface area contributed by atoms with Gasteiger partial charge in [-0.3, -0.25) is 9.78 Å². The normalized spacial score (nSPS) is 11.4. The number of amides is 1. The van der Waals surface area contributed by atoms with Gasteiger partial charge in [0.2, 0.25) is 5.91 Å². The fourth-order valence-electron chi connectivity index (χ4n) is 1.81. The molecule has 1 amide bonds. The van der Waals surface area contributed by atoms with Crippen molar-refractivity contribution in [1.29, 1.82) is 0 Å². The van der Waals surface area contributed by atoms with Crippen molar-refractivity contribution in [1.82, 2.24) is 4.98 Å². The van der Waals surface area contributed by atoms with Crippen molar-refractivity contribution < 1.29 is 13.2 Å². The summed E-state index contributed by atoms with van der Waals surface area (Å²) in [5.74, 6) is -1.13. The molecule has 2 aromatic heterocycles. The van der Waals surface area contributed by atoms with Gasteiger partial charge in [0.05, 0.1) is 9.90 Å². The highest BCUT2D eigenvalue weighted by Gasteiger charge is 2.20. The lowest BCUT2D eigenvalue weighted by molar-refractivity contribution is -0.113. The summed E-state index contributed by atoms with van der Waals surface area (Å²) in [6.45, 7) is 5.85. The number of hydrogen-bond donors (Lipinski definition) is 1. The quantitative estimate of drug-likeness (QED) is 0.937. The lowest BCUT2D eigenvalue weighted by atomic mass is 10.2. The summed E-state index contributed by atoms with van der Waals surface area (Å²) in [5, 5.41) is 3.38. The first-order chi connectivity index (χ1) is 9.81. The first kappa shape index (κ1) is 15.7. The van der Waals surface area contributed by atoms with Gasteiger partial charge in [0, 0.05) is 17.3 Å². The third kappa shape index (κ3) is 3.48. The van der Waals surface area contributed by atoms with Crippen LogP contribution >= 0.6 is 11.3 Å². The van der Waals surface area contributed by atoms with Crippen molar-refractivity contribution in [2.24, 2.45) is 0 Å². The van der Waals surface area contributed by atoms with Crippen LogP contribution in [0.15, 0.2) is 29.4 Å². The van der Waals surface area contributed by atoms with E-state index in [0.717, 1.165) is 16.0 Å². The van der Waals surface area contributed by atoms with E-state index in [-0.39, 0.29) is 4.90 Å². The van der Waals surface area contributed by atoms with Crippen LogP contribution in [0.1, 0.15) is 16.0 Å². The number of pyridine rings is 1. The van der Waals surface area contributed by atoms with Crippen LogP contribution in [0.5, 0.6) is 0 Å². The van der Waals surface area contributed by atoms with E-state index < -0.39 is 21.5 Å². The fraction of sp³-hybridized carbons (Fsp3) is 0.286. The van der Waals surface area contributed by atoms with E-state index >= 15 is 0 Å². The summed E-state index contributed by atoms with van der Waals surface area (Å²) in [4.78, 5) is 16.9. The summed E-state index contributed by atoms with van der Waals surface area (Å²) < 4.78 is 24.2. The standard InChI is InChI=1S/C14H16N2O3S2/c1-9-10(2)14(20-11(9)3)16-13(17)8-21(18,19)12-5-4-6-15-7-12/h4-7H,8H2,1-3H3,(H,16,17). The van der Waals surface area contributed by atoms with Crippen LogP contribution < -0.4 is 5.32 Å². The van der Waals surface area contributed by atoms with Gasteiger partial charge < -0.3 is 5.32 Å². The molecule has 0 unspecified atom stereocenters. The summed E-state index contributed by atoms with van der Waals surface area (Å²) in [5.41, 5.74) is 2.09. The van der Waals surface area contributed by atoms with Gasteiger partial charge in [-0.05, 0) is 44.0 Å². The topological polar surface area (TPSA) is 76.1 Å². The molecule has 0 aromatic carbocycles. The molecule has 0 aliphatic rings. The summed E-state index contributed by atoms with van der Waals surface area (Å²) in [6, 6.07) is 2.96. The molecule has 0 aliphatic carbocycles. The average molecular weight is 324 g/mol. The summed E-state index contributed by atoms with van der Waals surface area (Å²) >= 11 is 1.45. The number of hydrogen-bond acceptors (Lipinski definition) is 5. The third-order valence-corrected chi connectivity index (χ3v) is 6.08. The van der Waals surface area contributed by atoms with E-state index in [1.165, 1.54) is 35.9 Å². The number of carbonyl (C=O) groups excluding carboxylic acids is 1. The number of aromatic nitrogens is 1. The Kier molecular flexibility index (Phi) is 4.43. The SMILES string of the molecule is Cc1sc(NC(=O)CS(=O)(=O)c2cccnc2)c(C)c1C. The maximum atomic E-state index is 12.1. The first-order valence-electron chi connectivity index (χ1n) is 6.30. The van der Waals surface area contributed by atoms with E-state index in [9.17, 15) is 13.2 Å². The number of anilines is 1. The predicted molar refractivity (Wildman–Crippen MR) is 83.4 cm³/mol. The smallest absolute Gasteiger partial charge is 0.240 e. The van der Waals surface area contributed by atoms with Crippen LogP contribution in [0.2, 0.25) is 0 Å². The zero-order valence-electron chi connectivity index (χ0n) is 12.0. The van der Waals surface area contributed by atoms with Crippen molar-refractivity contribution in [2.75, 3.05) is 11.1 Å². The minimum atomic E-state index is -3.67. The molecule has 0 bridgehead atoms. The number of nitrogens with zero attached hydrogens (tertiary/aromatic N) is 1. The molecular formula is C14H16N2O3S2. The average Bonchev–Trinajstić information content (AvgIpc) is 2.66. The molecule has 2 aromatic rings. The second-order valence-electron chi connectivity index (χ2n) is 4.73. The van der Waals surface area contributed by atoms with Gasteiger partial charge in [-0.2, -0.15) is 0 Å². The Balaban J connectivity index is 2.14. The van der Waals surface area contributed by atoms with Crippen LogP contribution in [0, 0.1) is 20.8 Å². The molecule has 2 heterocycles. The Bertz CT molecular complexity index is 765. The maximum Gasteiger partial charge on any atom is 0.240 e. The van der Waals surface area contributed by atoms with Gasteiger partial charge in [0.25, 0.3) is 0 Å². The van der Waals surface area contributed by atoms with Crippen LogP contribution in [0.3, 0.4) is 0 Å². The van der Waals surface area contributed by atoms with Crippen molar-refractivity contribution >= 4 is 32.1 Å². The van der Waals surface area contributed by atoms with Gasteiger partial charge in [-0.1, -0.05) is 0 Å². The van der Waals surface area contributed by atoms with Crippen molar-refractivity contribution in [3.63, 3.8) is 0 Å². The van der Waals surface area contributed by atoms with E-state index in [0.29, 0.717) is 5.00 Å². The second-order valence-corrected chi connectivity index (χ2v) is 7.95. The van der Waals surface area contributed by atoms with Gasteiger partial charge in [-0.15, -0.1) is 11.3 Å². The Morgan fingerprint density at radius 2 is 2.00 bits per heavy atom. The molecule has 7 heteroatoms. The number of nitrogens with one attached hydrogen (secondary N) is 1. The van der Waals surface area contributed by atoms with Crippen LogP contribution in [0.25, 0.3) is 0 Å². The molecule has 0 atom stereocenters. The Morgan fingerprint density at radius 1 is 1.29 bits per heavy atom. The Hall–Kier alpha value is -1.73. The number of aryl methyl sites for hydroxylation is 1. The molecule has 5 nitrogen and oxygen atoms in total. The first-order valence-corrected chi connectivity index (χ1v) is 8.77. The molecular weight excluding hydrogens is 308 g/mol. The minimum Gasteiger partial charge on any atom is -0.317 e. The molecule has 0 radical (unpaired) electrons. The number of thiophene rings is 1. The molecule has 2 rings (SSSR count). The van der Waals surface area contributed by atoms with Gasteiger partial charge in [0.15, 0.2) is 9.84 Å². The van der Waals surface area contributed by atoms with E-state index in [1.807, 2.05) is 20.8 Å². The second kappa shape index (κ2) is 5.95. The fourth-order valence-corrected chi connectivity index (χ4v) is 3.98. The molecule has 0 spiro atoms. The zero-order valence-corrected chi connectivity index (χ0v) is 13.6. The van der Waals surface area contributed by atoms with Crippen molar-refractivity contribution in [3.8, 4) is 0 Å². The monoisotopic (exact) mass is 324 g/mol. The largest absolute Gasteiger partial charge is 0.317 e.